The highest BCUT2D eigenvalue weighted by Crippen LogP contribution is 2.41. The summed E-state index contributed by atoms with van der Waals surface area (Å²) in [5.41, 5.74) is 4.16. The lowest BCUT2D eigenvalue weighted by molar-refractivity contribution is 0.294. The van der Waals surface area contributed by atoms with Crippen LogP contribution < -0.4 is 0 Å². The highest BCUT2D eigenvalue weighted by molar-refractivity contribution is 9.10. The number of hydrogen-bond donors (Lipinski definition) is 2. The number of fused-ring (bicyclic) bond motifs is 1. The van der Waals surface area contributed by atoms with Gasteiger partial charge in [0, 0.05) is 40.6 Å². The Balaban J connectivity index is 1.93. The number of para-hydroxylation sites is 1. The zero-order chi connectivity index (χ0) is 18.4. The molecule has 0 saturated heterocycles. The van der Waals surface area contributed by atoms with E-state index < -0.39 is 0 Å². The lowest BCUT2D eigenvalue weighted by Gasteiger charge is -2.34. The van der Waals surface area contributed by atoms with Crippen LogP contribution in [0.5, 0.6) is 11.8 Å². The van der Waals surface area contributed by atoms with Crippen LogP contribution in [-0.4, -0.2) is 33.3 Å². The van der Waals surface area contributed by atoms with Crippen LogP contribution in [0, 0.1) is 0 Å². The molecule has 4 rings (SSSR count). The first kappa shape index (κ1) is 17.5. The number of likely N-dealkylation sites (N-methyl/N-ethyl adjacent to an activating group) is 1. The number of halogens is 2. The van der Waals surface area contributed by atoms with Crippen molar-refractivity contribution >= 4 is 27.5 Å². The fraction of sp³-hybridized carbons (Fsp3) is 0.200. The SMILES string of the molecule is CN1Cc2c(Br)cc(Cl)cc2[C@H](c2ccccc2-n2c(O)ccc2O)C1. The topological polar surface area (TPSA) is 48.6 Å². The Labute approximate surface area is 165 Å². The summed E-state index contributed by atoms with van der Waals surface area (Å²) in [6.45, 7) is 1.66. The third kappa shape index (κ3) is 2.90. The summed E-state index contributed by atoms with van der Waals surface area (Å²) in [6, 6.07) is 14.7. The van der Waals surface area contributed by atoms with Crippen LogP contribution in [-0.2, 0) is 6.54 Å². The van der Waals surface area contributed by atoms with Crippen LogP contribution >= 0.6 is 27.5 Å². The number of aromatic hydroxyl groups is 2. The largest absolute Gasteiger partial charge is 0.494 e. The van der Waals surface area contributed by atoms with Gasteiger partial charge in [0.1, 0.15) is 0 Å². The summed E-state index contributed by atoms with van der Waals surface area (Å²) in [5.74, 6) is 0.0781. The number of hydrogen-bond acceptors (Lipinski definition) is 3. The van der Waals surface area contributed by atoms with Crippen LogP contribution in [0.25, 0.3) is 5.69 Å². The first-order chi connectivity index (χ1) is 12.5. The maximum Gasteiger partial charge on any atom is 0.198 e. The summed E-state index contributed by atoms with van der Waals surface area (Å²) >= 11 is 9.98. The smallest absolute Gasteiger partial charge is 0.198 e. The van der Waals surface area contributed by atoms with Gasteiger partial charge in [-0.15, -0.1) is 0 Å². The van der Waals surface area contributed by atoms with Gasteiger partial charge in [-0.25, -0.2) is 0 Å². The van der Waals surface area contributed by atoms with Gasteiger partial charge in [0.2, 0.25) is 0 Å². The lowest BCUT2D eigenvalue weighted by Crippen LogP contribution is -2.31. The fourth-order valence-corrected chi connectivity index (χ4v) is 4.72. The molecule has 1 atom stereocenters. The van der Waals surface area contributed by atoms with Gasteiger partial charge in [-0.05, 0) is 41.9 Å². The Kier molecular flexibility index (Phi) is 4.47. The highest BCUT2D eigenvalue weighted by Gasteiger charge is 2.29. The van der Waals surface area contributed by atoms with Crippen molar-refractivity contribution in [2.45, 2.75) is 12.5 Å². The second-order valence-corrected chi connectivity index (χ2v) is 7.94. The number of nitrogens with zero attached hydrogens (tertiary/aromatic N) is 2. The molecule has 1 aliphatic rings. The maximum atomic E-state index is 10.2. The number of benzene rings is 2. The third-order valence-electron chi connectivity index (χ3n) is 4.89. The molecule has 0 spiro atoms. The van der Waals surface area contributed by atoms with E-state index in [-0.39, 0.29) is 17.7 Å². The molecule has 0 amide bonds. The Morgan fingerprint density at radius 2 is 1.73 bits per heavy atom. The van der Waals surface area contributed by atoms with Crippen molar-refractivity contribution in [2.75, 3.05) is 13.6 Å². The average molecular weight is 434 g/mol. The minimum atomic E-state index is 0.00612. The molecule has 0 saturated carbocycles. The normalized spacial score (nSPS) is 17.3. The van der Waals surface area contributed by atoms with Crippen LogP contribution in [0.1, 0.15) is 22.6 Å². The Morgan fingerprint density at radius 1 is 1.04 bits per heavy atom. The van der Waals surface area contributed by atoms with Crippen LogP contribution in [0.15, 0.2) is 53.0 Å². The van der Waals surface area contributed by atoms with Crippen molar-refractivity contribution in [3.05, 3.63) is 74.7 Å². The maximum absolute atomic E-state index is 10.2. The van der Waals surface area contributed by atoms with Gasteiger partial charge < -0.3 is 15.1 Å². The number of rotatable bonds is 2. The predicted molar refractivity (Wildman–Crippen MR) is 106 cm³/mol. The molecule has 2 N–H and O–H groups in total. The molecule has 4 nitrogen and oxygen atoms in total. The molecule has 3 aromatic rings. The minimum Gasteiger partial charge on any atom is -0.494 e. The highest BCUT2D eigenvalue weighted by atomic mass is 79.9. The summed E-state index contributed by atoms with van der Waals surface area (Å²) in [4.78, 5) is 2.26. The molecule has 0 fully saturated rings. The van der Waals surface area contributed by atoms with Gasteiger partial charge in [-0.1, -0.05) is 45.7 Å². The molecule has 1 aliphatic heterocycles. The van der Waals surface area contributed by atoms with Gasteiger partial charge in [-0.2, -0.15) is 0 Å². The number of aromatic nitrogens is 1. The van der Waals surface area contributed by atoms with Crippen molar-refractivity contribution in [3.8, 4) is 17.4 Å². The van der Waals surface area contributed by atoms with E-state index in [1.807, 2.05) is 36.4 Å². The molecule has 134 valence electrons. The van der Waals surface area contributed by atoms with Crippen LogP contribution in [0.3, 0.4) is 0 Å². The van der Waals surface area contributed by atoms with Gasteiger partial charge in [0.05, 0.1) is 5.69 Å². The average Bonchev–Trinajstić information content (AvgIpc) is 2.93. The molecule has 26 heavy (non-hydrogen) atoms. The quantitative estimate of drug-likeness (QED) is 0.605. The second kappa shape index (κ2) is 6.65. The zero-order valence-electron chi connectivity index (χ0n) is 14.2. The molecule has 0 bridgehead atoms. The van der Waals surface area contributed by atoms with Gasteiger partial charge in [-0.3, -0.25) is 4.57 Å². The van der Waals surface area contributed by atoms with Gasteiger partial charge >= 0.3 is 0 Å². The van der Waals surface area contributed by atoms with Crippen LogP contribution in [0.4, 0.5) is 0 Å². The summed E-state index contributed by atoms with van der Waals surface area (Å²) in [5, 5.41) is 21.1. The van der Waals surface area contributed by atoms with E-state index in [4.69, 9.17) is 11.6 Å². The second-order valence-electron chi connectivity index (χ2n) is 6.65. The van der Waals surface area contributed by atoms with Gasteiger partial charge in [0.25, 0.3) is 0 Å². The fourth-order valence-electron chi connectivity index (χ4n) is 3.76. The lowest BCUT2D eigenvalue weighted by atomic mass is 9.84. The molecule has 2 aromatic carbocycles. The molecule has 1 aromatic heterocycles. The van der Waals surface area contributed by atoms with E-state index in [2.05, 4.69) is 27.9 Å². The van der Waals surface area contributed by atoms with E-state index >= 15 is 0 Å². The summed E-state index contributed by atoms with van der Waals surface area (Å²) < 4.78 is 2.46. The summed E-state index contributed by atoms with van der Waals surface area (Å²) in [6.07, 6.45) is 0. The van der Waals surface area contributed by atoms with Crippen molar-refractivity contribution in [3.63, 3.8) is 0 Å². The van der Waals surface area contributed by atoms with Crippen molar-refractivity contribution in [1.29, 1.82) is 0 Å². The summed E-state index contributed by atoms with van der Waals surface area (Å²) in [7, 11) is 2.09. The molecule has 0 radical (unpaired) electrons. The molecule has 0 aliphatic carbocycles. The van der Waals surface area contributed by atoms with Crippen molar-refractivity contribution in [1.82, 2.24) is 9.47 Å². The minimum absolute atomic E-state index is 0.00612. The molecular weight excluding hydrogens is 416 g/mol. The third-order valence-corrected chi connectivity index (χ3v) is 5.81. The first-order valence-corrected chi connectivity index (χ1v) is 9.48. The molecular formula is C20H18BrClN2O2. The molecule has 0 unspecified atom stereocenters. The Morgan fingerprint density at radius 3 is 2.46 bits per heavy atom. The van der Waals surface area contributed by atoms with Crippen molar-refractivity contribution in [2.24, 2.45) is 0 Å². The first-order valence-electron chi connectivity index (χ1n) is 8.31. The Hall–Kier alpha value is -1.95. The standard InChI is InChI=1S/C20H18BrClN2O2/c1-23-10-15(14-8-12(22)9-17(21)16(14)11-23)13-4-2-3-5-18(13)24-19(25)6-7-20(24)26/h2-9,15,25-26H,10-11H2,1H3/t15-/m0/s1. The molecule has 2 heterocycles. The monoisotopic (exact) mass is 432 g/mol. The van der Waals surface area contributed by atoms with E-state index in [0.29, 0.717) is 5.02 Å². The van der Waals surface area contributed by atoms with E-state index in [1.165, 1.54) is 27.8 Å². The zero-order valence-corrected chi connectivity index (χ0v) is 16.5. The Bertz CT molecular complexity index is 966. The van der Waals surface area contributed by atoms with Crippen molar-refractivity contribution < 1.29 is 10.2 Å². The van der Waals surface area contributed by atoms with E-state index in [0.717, 1.165) is 28.8 Å². The van der Waals surface area contributed by atoms with Crippen LogP contribution in [0.2, 0.25) is 5.02 Å². The van der Waals surface area contributed by atoms with Gasteiger partial charge in [0.15, 0.2) is 11.8 Å². The molecule has 6 heteroatoms. The van der Waals surface area contributed by atoms with E-state index in [1.54, 1.807) is 0 Å². The predicted octanol–water partition coefficient (Wildman–Crippen LogP) is 4.88. The van der Waals surface area contributed by atoms with E-state index in [9.17, 15) is 10.2 Å².